The van der Waals surface area contributed by atoms with E-state index >= 15 is 0 Å². The number of nitrogens with two attached hydrogens (primary N) is 1. The van der Waals surface area contributed by atoms with E-state index in [9.17, 15) is 18.4 Å². The molecule has 0 aliphatic heterocycles. The summed E-state index contributed by atoms with van der Waals surface area (Å²) in [7, 11) is 0. The normalized spacial score (nSPS) is 11.8. The number of hydrogen-bond donors (Lipinski definition) is 1. The van der Waals surface area contributed by atoms with E-state index in [1.807, 2.05) is 19.9 Å². The maximum atomic E-state index is 12.8. The number of aromatic nitrogens is 2. The lowest BCUT2D eigenvalue weighted by molar-refractivity contribution is -0.137. The molecule has 2 aromatic rings. The first-order chi connectivity index (χ1) is 11.1. The van der Waals surface area contributed by atoms with Crippen molar-refractivity contribution in [2.24, 2.45) is 0 Å². The van der Waals surface area contributed by atoms with Gasteiger partial charge in [-0.15, -0.1) is 11.8 Å². The van der Waals surface area contributed by atoms with Gasteiger partial charge in [-0.2, -0.15) is 23.5 Å². The first-order valence-electron chi connectivity index (χ1n) is 6.58. The second kappa shape index (κ2) is 6.75. The lowest BCUT2D eigenvalue weighted by atomic mass is 10.2. The summed E-state index contributed by atoms with van der Waals surface area (Å²) in [5.74, 6) is 0.0915. The predicted molar refractivity (Wildman–Crippen MR) is 88.7 cm³/mol. The average molecular weight is 395 g/mol. The van der Waals surface area contributed by atoms with Gasteiger partial charge < -0.3 is 5.73 Å². The highest BCUT2D eigenvalue weighted by Gasteiger charge is 2.33. The van der Waals surface area contributed by atoms with Gasteiger partial charge in [-0.3, -0.25) is 0 Å². The molecule has 4 nitrogen and oxygen atoms in total. The van der Waals surface area contributed by atoms with Crippen LogP contribution in [-0.4, -0.2) is 15.0 Å². The molecule has 128 valence electrons. The molecular weight excluding hydrogens is 384 g/mol. The third kappa shape index (κ3) is 3.58. The van der Waals surface area contributed by atoms with Crippen LogP contribution in [0.25, 0.3) is 5.69 Å². The number of halogens is 5. The fourth-order valence-electron chi connectivity index (χ4n) is 1.94. The third-order valence-corrected chi connectivity index (χ3v) is 4.58. The molecule has 24 heavy (non-hydrogen) atoms. The summed E-state index contributed by atoms with van der Waals surface area (Å²) < 4.78 is 39.5. The van der Waals surface area contributed by atoms with Crippen LogP contribution in [0.4, 0.5) is 19.0 Å². The average Bonchev–Trinajstić information content (AvgIpc) is 2.74. The maximum Gasteiger partial charge on any atom is 0.416 e. The molecule has 0 aliphatic rings. The molecule has 0 fully saturated rings. The van der Waals surface area contributed by atoms with Gasteiger partial charge in [-0.05, 0) is 12.1 Å². The molecule has 1 heterocycles. The van der Waals surface area contributed by atoms with Crippen LogP contribution in [0, 0.1) is 11.3 Å². The van der Waals surface area contributed by atoms with Gasteiger partial charge in [0.1, 0.15) is 17.6 Å². The Kier molecular flexibility index (Phi) is 5.28. The van der Waals surface area contributed by atoms with Crippen molar-refractivity contribution in [1.29, 1.82) is 5.26 Å². The minimum absolute atomic E-state index is 0.00376. The SMILES string of the molecule is CC(C)Sc1c(C#N)nn(-c2c(Cl)cc(C(F)(F)F)cc2Cl)c1N. The molecule has 0 spiro atoms. The van der Waals surface area contributed by atoms with E-state index in [-0.39, 0.29) is 32.5 Å². The molecule has 10 heteroatoms. The number of nitrogen functional groups attached to an aromatic ring is 1. The van der Waals surface area contributed by atoms with E-state index < -0.39 is 11.7 Å². The molecule has 0 amide bonds. The summed E-state index contributed by atoms with van der Waals surface area (Å²) in [6.07, 6.45) is -4.59. The molecule has 0 saturated carbocycles. The summed E-state index contributed by atoms with van der Waals surface area (Å²) in [5, 5.41) is 12.8. The van der Waals surface area contributed by atoms with Crippen molar-refractivity contribution in [1.82, 2.24) is 9.78 Å². The van der Waals surface area contributed by atoms with Crippen molar-refractivity contribution in [3.05, 3.63) is 33.4 Å². The zero-order valence-corrected chi connectivity index (χ0v) is 14.8. The highest BCUT2D eigenvalue weighted by Crippen LogP contribution is 2.40. The Morgan fingerprint density at radius 1 is 1.29 bits per heavy atom. The Hall–Kier alpha value is -1.56. The zero-order valence-electron chi connectivity index (χ0n) is 12.4. The summed E-state index contributed by atoms with van der Waals surface area (Å²) in [6.45, 7) is 3.81. The molecule has 2 rings (SSSR count). The number of anilines is 1. The molecule has 1 aromatic heterocycles. The van der Waals surface area contributed by atoms with Gasteiger partial charge in [0.2, 0.25) is 0 Å². The fourth-order valence-corrected chi connectivity index (χ4v) is 3.47. The smallest absolute Gasteiger partial charge is 0.383 e. The highest BCUT2D eigenvalue weighted by atomic mass is 35.5. The standard InChI is InChI=1S/C14H11Cl2F3N4S/c1-6(2)24-12-10(5-20)22-23(13(12)21)11-8(15)3-7(4-9(11)16)14(17,18)19/h3-4,6H,21H2,1-2H3. The van der Waals surface area contributed by atoms with E-state index in [4.69, 9.17) is 28.9 Å². The Bertz CT molecular complexity index is 802. The number of hydrogen-bond acceptors (Lipinski definition) is 4. The highest BCUT2D eigenvalue weighted by molar-refractivity contribution is 8.00. The first-order valence-corrected chi connectivity index (χ1v) is 8.21. The summed E-state index contributed by atoms with van der Waals surface area (Å²) >= 11 is 13.2. The minimum atomic E-state index is -4.59. The van der Waals surface area contributed by atoms with Gasteiger partial charge in [0.15, 0.2) is 5.69 Å². The van der Waals surface area contributed by atoms with Crippen LogP contribution in [0.5, 0.6) is 0 Å². The predicted octanol–water partition coefficient (Wildman–Crippen LogP) is 5.15. The number of rotatable bonds is 3. The quantitative estimate of drug-likeness (QED) is 0.730. The molecule has 0 atom stereocenters. The van der Waals surface area contributed by atoms with Crippen LogP contribution in [0.2, 0.25) is 10.0 Å². The van der Waals surface area contributed by atoms with Crippen LogP contribution in [0.15, 0.2) is 17.0 Å². The molecule has 2 N–H and O–H groups in total. The topological polar surface area (TPSA) is 67.6 Å². The lowest BCUT2D eigenvalue weighted by Gasteiger charge is -2.13. The Morgan fingerprint density at radius 3 is 2.25 bits per heavy atom. The van der Waals surface area contributed by atoms with Crippen LogP contribution in [-0.2, 0) is 6.18 Å². The van der Waals surface area contributed by atoms with Gasteiger partial charge >= 0.3 is 6.18 Å². The molecule has 0 unspecified atom stereocenters. The van der Waals surface area contributed by atoms with E-state index in [1.165, 1.54) is 11.8 Å². The lowest BCUT2D eigenvalue weighted by Crippen LogP contribution is -2.08. The van der Waals surface area contributed by atoms with Crippen LogP contribution >= 0.6 is 35.0 Å². The zero-order chi connectivity index (χ0) is 18.2. The van der Waals surface area contributed by atoms with Crippen molar-refractivity contribution in [3.8, 4) is 11.8 Å². The fraction of sp³-hybridized carbons (Fsp3) is 0.286. The van der Waals surface area contributed by atoms with Crippen LogP contribution in [0.1, 0.15) is 25.1 Å². The number of alkyl halides is 3. The van der Waals surface area contributed by atoms with Crippen molar-refractivity contribution < 1.29 is 13.2 Å². The summed E-state index contributed by atoms with van der Waals surface area (Å²) in [5.41, 5.74) is 5.08. The van der Waals surface area contributed by atoms with E-state index in [2.05, 4.69) is 5.10 Å². The van der Waals surface area contributed by atoms with Crippen molar-refractivity contribution in [3.63, 3.8) is 0 Å². The van der Waals surface area contributed by atoms with Crippen LogP contribution < -0.4 is 5.73 Å². The Balaban J connectivity index is 2.66. The second-order valence-electron chi connectivity index (χ2n) is 5.04. The molecule has 0 bridgehead atoms. The van der Waals surface area contributed by atoms with Gasteiger partial charge in [0, 0.05) is 5.25 Å². The molecule has 0 radical (unpaired) electrons. The molecule has 0 aliphatic carbocycles. The monoisotopic (exact) mass is 394 g/mol. The van der Waals surface area contributed by atoms with E-state index in [0.717, 1.165) is 16.8 Å². The largest absolute Gasteiger partial charge is 0.416 e. The number of thioether (sulfide) groups is 1. The molecule has 1 aromatic carbocycles. The van der Waals surface area contributed by atoms with Crippen LogP contribution in [0.3, 0.4) is 0 Å². The minimum Gasteiger partial charge on any atom is -0.383 e. The third-order valence-electron chi connectivity index (χ3n) is 2.89. The summed E-state index contributed by atoms with van der Waals surface area (Å²) in [4.78, 5) is 0.430. The van der Waals surface area contributed by atoms with Gasteiger partial charge in [0.25, 0.3) is 0 Å². The van der Waals surface area contributed by atoms with Crippen molar-refractivity contribution in [2.75, 3.05) is 5.73 Å². The first kappa shape index (κ1) is 18.8. The maximum absolute atomic E-state index is 12.8. The van der Waals surface area contributed by atoms with Crippen molar-refractivity contribution in [2.45, 2.75) is 30.2 Å². The Morgan fingerprint density at radius 2 is 1.83 bits per heavy atom. The van der Waals surface area contributed by atoms with E-state index in [0.29, 0.717) is 4.90 Å². The summed E-state index contributed by atoms with van der Waals surface area (Å²) in [6, 6.07) is 3.39. The Labute approximate surface area is 150 Å². The van der Waals surface area contributed by atoms with Gasteiger partial charge in [-0.25, -0.2) is 4.68 Å². The number of benzene rings is 1. The molecular formula is C14H11Cl2F3N4S. The van der Waals surface area contributed by atoms with Crippen molar-refractivity contribution >= 4 is 40.8 Å². The van der Waals surface area contributed by atoms with E-state index in [1.54, 1.807) is 0 Å². The number of nitriles is 1. The second-order valence-corrected chi connectivity index (χ2v) is 7.44. The number of nitrogens with zero attached hydrogens (tertiary/aromatic N) is 3. The van der Waals surface area contributed by atoms with Gasteiger partial charge in [-0.1, -0.05) is 37.0 Å². The van der Waals surface area contributed by atoms with Gasteiger partial charge in [0.05, 0.1) is 20.5 Å². The molecule has 0 saturated heterocycles.